The average molecular weight is 368 g/mol. The predicted octanol–water partition coefficient (Wildman–Crippen LogP) is 5.09. The number of carbonyl (C=O) groups excluding carboxylic acids is 1. The van der Waals surface area contributed by atoms with Crippen molar-refractivity contribution in [3.63, 3.8) is 0 Å². The van der Waals surface area contributed by atoms with Crippen LogP contribution in [-0.4, -0.2) is 5.97 Å². The number of hydrogen-bond acceptors (Lipinski definition) is 4. The zero-order valence-corrected chi connectivity index (χ0v) is 16.4. The van der Waals surface area contributed by atoms with Crippen LogP contribution in [0.25, 0.3) is 11.0 Å². The first-order valence-corrected chi connectivity index (χ1v) is 10.1. The van der Waals surface area contributed by atoms with Crippen LogP contribution < -0.4 is 5.63 Å². The number of esters is 1. The topological polar surface area (TPSA) is 56.5 Å². The molecule has 27 heavy (non-hydrogen) atoms. The first-order chi connectivity index (χ1) is 12.9. The van der Waals surface area contributed by atoms with Crippen LogP contribution in [0.4, 0.5) is 0 Å². The summed E-state index contributed by atoms with van der Waals surface area (Å²) in [5, 5.41) is 0.858. The molecule has 2 bridgehead atoms. The smallest absolute Gasteiger partial charge is 0.336 e. The number of ether oxygens (including phenoxy) is 1. The molecule has 0 aliphatic heterocycles. The van der Waals surface area contributed by atoms with E-state index in [0.717, 1.165) is 22.4 Å². The predicted molar refractivity (Wildman–Crippen MR) is 105 cm³/mol. The van der Waals surface area contributed by atoms with Crippen LogP contribution >= 0.6 is 0 Å². The fraction of sp³-hybridized carbons (Fsp3) is 0.565. The summed E-state index contributed by atoms with van der Waals surface area (Å²) >= 11 is 0. The molecule has 0 unspecified atom stereocenters. The minimum Gasteiger partial charge on any atom is -0.461 e. The van der Waals surface area contributed by atoms with E-state index in [1.807, 2.05) is 13.0 Å². The Hall–Kier alpha value is -2.10. The minimum atomic E-state index is -0.404. The number of rotatable bonds is 5. The van der Waals surface area contributed by atoms with E-state index >= 15 is 0 Å². The van der Waals surface area contributed by atoms with Gasteiger partial charge in [0.2, 0.25) is 0 Å². The van der Waals surface area contributed by atoms with Crippen molar-refractivity contribution in [3.8, 4) is 0 Å². The van der Waals surface area contributed by atoms with Gasteiger partial charge in [-0.1, -0.05) is 20.3 Å². The third-order valence-electron chi connectivity index (χ3n) is 6.54. The molecular formula is C23H28O4. The molecule has 3 atom stereocenters. The molecule has 1 heterocycles. The molecule has 1 aromatic carbocycles. The standard InChI is InChI=1S/C23H28O4/c1-13(2)19-11-20-18(10-23(25)27-21(20)6-14(19)3)12-26-22(24)9-17-8-15-4-5-16(17)7-15/h6,10-11,13,15-17H,4-5,7-9,12H2,1-3H3/t15-,16+,17+/m1/s1. The van der Waals surface area contributed by atoms with Gasteiger partial charge >= 0.3 is 11.6 Å². The number of fused-ring (bicyclic) bond motifs is 3. The summed E-state index contributed by atoms with van der Waals surface area (Å²) in [7, 11) is 0. The molecular weight excluding hydrogens is 340 g/mol. The molecule has 0 saturated heterocycles. The maximum atomic E-state index is 12.4. The Morgan fingerprint density at radius 1 is 1.22 bits per heavy atom. The van der Waals surface area contributed by atoms with Crippen LogP contribution in [0.3, 0.4) is 0 Å². The number of benzene rings is 1. The molecule has 2 aromatic rings. The molecule has 4 nitrogen and oxygen atoms in total. The monoisotopic (exact) mass is 368 g/mol. The summed E-state index contributed by atoms with van der Waals surface area (Å²) in [5.74, 6) is 2.25. The van der Waals surface area contributed by atoms with E-state index in [4.69, 9.17) is 9.15 Å². The zero-order valence-electron chi connectivity index (χ0n) is 16.4. The van der Waals surface area contributed by atoms with E-state index in [9.17, 15) is 9.59 Å². The Morgan fingerprint density at radius 3 is 2.70 bits per heavy atom. The van der Waals surface area contributed by atoms with Gasteiger partial charge in [0.25, 0.3) is 0 Å². The average Bonchev–Trinajstić information content (AvgIpc) is 3.21. The van der Waals surface area contributed by atoms with Gasteiger partial charge in [-0.05, 0) is 73.1 Å². The van der Waals surface area contributed by atoms with Gasteiger partial charge in [0.05, 0.1) is 0 Å². The highest BCUT2D eigenvalue weighted by Gasteiger charge is 2.40. The molecule has 4 heteroatoms. The molecule has 2 saturated carbocycles. The van der Waals surface area contributed by atoms with Crippen LogP contribution in [0.2, 0.25) is 0 Å². The van der Waals surface area contributed by atoms with Crippen LogP contribution in [0.5, 0.6) is 0 Å². The lowest BCUT2D eigenvalue weighted by atomic mass is 9.86. The summed E-state index contributed by atoms with van der Waals surface area (Å²) in [6, 6.07) is 5.43. The number of hydrogen-bond donors (Lipinski definition) is 0. The number of carbonyl (C=O) groups is 1. The summed E-state index contributed by atoms with van der Waals surface area (Å²) in [6.45, 7) is 6.43. The van der Waals surface area contributed by atoms with Gasteiger partial charge in [-0.15, -0.1) is 0 Å². The third kappa shape index (κ3) is 3.67. The highest BCUT2D eigenvalue weighted by molar-refractivity contribution is 5.82. The molecule has 0 radical (unpaired) electrons. The molecule has 144 valence electrons. The van der Waals surface area contributed by atoms with Crippen molar-refractivity contribution < 1.29 is 13.9 Å². The lowest BCUT2D eigenvalue weighted by molar-refractivity contribution is -0.146. The summed E-state index contributed by atoms with van der Waals surface area (Å²) < 4.78 is 10.9. The van der Waals surface area contributed by atoms with Crippen LogP contribution in [0.1, 0.15) is 68.6 Å². The molecule has 2 aliphatic rings. The fourth-order valence-corrected chi connectivity index (χ4v) is 5.19. The fourth-order valence-electron chi connectivity index (χ4n) is 5.19. The van der Waals surface area contributed by atoms with Crippen molar-refractivity contribution in [2.45, 2.75) is 65.4 Å². The Labute approximate surface area is 159 Å². The van der Waals surface area contributed by atoms with Crippen molar-refractivity contribution in [2.24, 2.45) is 17.8 Å². The van der Waals surface area contributed by atoms with E-state index < -0.39 is 5.63 Å². The number of aryl methyl sites for hydroxylation is 1. The normalized spacial score (nSPS) is 24.1. The Bertz CT molecular complexity index is 924. The van der Waals surface area contributed by atoms with Gasteiger partial charge in [-0.25, -0.2) is 4.79 Å². The molecule has 1 aromatic heterocycles. The molecule has 0 spiro atoms. The maximum absolute atomic E-state index is 12.4. The van der Waals surface area contributed by atoms with Crippen LogP contribution in [-0.2, 0) is 16.1 Å². The first-order valence-electron chi connectivity index (χ1n) is 10.1. The molecule has 2 aliphatic carbocycles. The second-order valence-electron chi connectivity index (χ2n) is 8.75. The second kappa shape index (κ2) is 7.14. The van der Waals surface area contributed by atoms with Gasteiger partial charge < -0.3 is 9.15 Å². The first kappa shape index (κ1) is 18.3. The Kier molecular flexibility index (Phi) is 4.83. The van der Waals surface area contributed by atoms with E-state index in [0.29, 0.717) is 29.8 Å². The second-order valence-corrected chi connectivity index (χ2v) is 8.75. The van der Waals surface area contributed by atoms with Crippen molar-refractivity contribution in [1.29, 1.82) is 0 Å². The molecule has 4 rings (SSSR count). The van der Waals surface area contributed by atoms with Crippen LogP contribution in [0.15, 0.2) is 27.4 Å². The van der Waals surface area contributed by atoms with Gasteiger partial charge in [0.1, 0.15) is 12.2 Å². The molecule has 2 fully saturated rings. The highest BCUT2D eigenvalue weighted by Crippen LogP contribution is 2.49. The summed E-state index contributed by atoms with van der Waals surface area (Å²) in [5.41, 5.74) is 3.20. The summed E-state index contributed by atoms with van der Waals surface area (Å²) in [4.78, 5) is 24.3. The van der Waals surface area contributed by atoms with Crippen molar-refractivity contribution in [1.82, 2.24) is 0 Å². The highest BCUT2D eigenvalue weighted by atomic mass is 16.5. The van der Waals surface area contributed by atoms with Gasteiger partial charge in [-0.3, -0.25) is 4.79 Å². The van der Waals surface area contributed by atoms with Gasteiger partial charge in [0, 0.05) is 23.4 Å². The van der Waals surface area contributed by atoms with Crippen molar-refractivity contribution in [3.05, 3.63) is 45.3 Å². The Balaban J connectivity index is 1.51. The van der Waals surface area contributed by atoms with E-state index in [1.165, 1.54) is 37.3 Å². The van der Waals surface area contributed by atoms with Gasteiger partial charge in [0.15, 0.2) is 0 Å². The minimum absolute atomic E-state index is 0.127. The van der Waals surface area contributed by atoms with Crippen molar-refractivity contribution in [2.75, 3.05) is 0 Å². The maximum Gasteiger partial charge on any atom is 0.336 e. The van der Waals surface area contributed by atoms with Gasteiger partial charge in [-0.2, -0.15) is 0 Å². The molecule has 0 N–H and O–H groups in total. The van der Waals surface area contributed by atoms with E-state index in [-0.39, 0.29) is 12.6 Å². The molecule has 0 amide bonds. The van der Waals surface area contributed by atoms with Crippen molar-refractivity contribution >= 4 is 16.9 Å². The van der Waals surface area contributed by atoms with E-state index in [1.54, 1.807) is 0 Å². The lowest BCUT2D eigenvalue weighted by Crippen LogP contribution is -2.17. The SMILES string of the molecule is Cc1cc2oc(=O)cc(COC(=O)C[C@@H]3C[C@@H]4CC[C@H]3C4)c2cc1C(C)C. The lowest BCUT2D eigenvalue weighted by Gasteiger charge is -2.20. The Morgan fingerprint density at radius 2 is 2.04 bits per heavy atom. The van der Waals surface area contributed by atoms with E-state index in [2.05, 4.69) is 19.9 Å². The largest absolute Gasteiger partial charge is 0.461 e. The quantitative estimate of drug-likeness (QED) is 0.544. The van der Waals surface area contributed by atoms with Crippen LogP contribution in [0, 0.1) is 24.7 Å². The third-order valence-corrected chi connectivity index (χ3v) is 6.54. The summed E-state index contributed by atoms with van der Waals surface area (Å²) in [6.07, 6.45) is 5.58. The zero-order chi connectivity index (χ0) is 19.1.